The second-order valence-corrected chi connectivity index (χ2v) is 5.39. The van der Waals surface area contributed by atoms with E-state index in [0.717, 1.165) is 5.56 Å². The molecule has 2 rings (SSSR count). The number of carboxylic acid groups (broad SMARTS) is 1. The Kier molecular flexibility index (Phi) is 4.91. The fourth-order valence-electron chi connectivity index (χ4n) is 2.29. The van der Waals surface area contributed by atoms with Crippen LogP contribution in [0.1, 0.15) is 11.5 Å². The summed E-state index contributed by atoms with van der Waals surface area (Å²) in [6, 6.07) is 5.29. The monoisotopic (exact) mass is 315 g/mol. The highest BCUT2D eigenvalue weighted by atomic mass is 35.5. The summed E-state index contributed by atoms with van der Waals surface area (Å²) in [4.78, 5) is 12.5. The third kappa shape index (κ3) is 3.26. The summed E-state index contributed by atoms with van der Waals surface area (Å²) in [5, 5.41) is 10.1. The second-order valence-electron chi connectivity index (χ2n) is 4.58. The van der Waals surface area contributed by atoms with Gasteiger partial charge in [0.2, 0.25) is 0 Å². The summed E-state index contributed by atoms with van der Waals surface area (Å²) in [5.41, 5.74) is 0.887. The lowest BCUT2D eigenvalue weighted by Crippen LogP contribution is -2.34. The van der Waals surface area contributed by atoms with Crippen LogP contribution in [-0.4, -0.2) is 41.9 Å². The molecule has 4 nitrogen and oxygen atoms in total. The van der Waals surface area contributed by atoms with Crippen molar-refractivity contribution >= 4 is 29.3 Å². The van der Waals surface area contributed by atoms with E-state index in [4.69, 9.17) is 27.9 Å². The van der Waals surface area contributed by atoms with Crippen LogP contribution < -0.4 is 0 Å². The van der Waals surface area contributed by atoms with Crippen LogP contribution in [-0.2, 0) is 4.74 Å². The molecule has 0 bridgehead atoms. The van der Waals surface area contributed by atoms with Crippen LogP contribution in [0.25, 0.3) is 0 Å². The van der Waals surface area contributed by atoms with Gasteiger partial charge in [0, 0.05) is 19.0 Å². The Bertz CT molecular complexity index is 521. The minimum absolute atomic E-state index is 0.152. The maximum atomic E-state index is 11.2. The quantitative estimate of drug-likeness (QED) is 0.848. The van der Waals surface area contributed by atoms with Gasteiger partial charge in [-0.25, -0.2) is 4.79 Å². The van der Waals surface area contributed by atoms with E-state index in [2.05, 4.69) is 6.58 Å². The van der Waals surface area contributed by atoms with Crippen LogP contribution in [0, 0.1) is 0 Å². The van der Waals surface area contributed by atoms with Crippen molar-refractivity contribution in [1.29, 1.82) is 0 Å². The molecule has 6 heteroatoms. The van der Waals surface area contributed by atoms with Gasteiger partial charge in [0.15, 0.2) is 0 Å². The maximum absolute atomic E-state index is 11.2. The summed E-state index contributed by atoms with van der Waals surface area (Å²) < 4.78 is 5.67. The van der Waals surface area contributed by atoms with Crippen LogP contribution in [0.3, 0.4) is 0 Å². The van der Waals surface area contributed by atoms with Crippen molar-refractivity contribution in [3.63, 3.8) is 0 Å². The zero-order valence-corrected chi connectivity index (χ0v) is 12.3. The van der Waals surface area contributed by atoms with Gasteiger partial charge in [0.1, 0.15) is 0 Å². The Morgan fingerprint density at radius 1 is 1.45 bits per heavy atom. The molecule has 0 aromatic heterocycles. The van der Waals surface area contributed by atoms with Gasteiger partial charge in [-0.3, -0.25) is 0 Å². The number of hydrogen-bond acceptors (Lipinski definition) is 2. The topological polar surface area (TPSA) is 49.8 Å². The maximum Gasteiger partial charge on any atom is 0.407 e. The molecule has 1 amide bonds. The Morgan fingerprint density at radius 3 is 2.80 bits per heavy atom. The number of carbonyl (C=O) groups is 1. The van der Waals surface area contributed by atoms with Crippen LogP contribution >= 0.6 is 23.2 Å². The number of nitrogens with zero attached hydrogens (tertiary/aromatic N) is 1. The average Bonchev–Trinajstić information content (AvgIpc) is 2.64. The van der Waals surface area contributed by atoms with E-state index < -0.39 is 6.09 Å². The van der Waals surface area contributed by atoms with Crippen molar-refractivity contribution in [2.45, 2.75) is 12.0 Å². The standard InChI is InChI=1S/C14H15Cl2NO3/c1-2-13-10(8-17(14(18)19)5-6-20-13)9-3-4-11(15)12(16)7-9/h2-4,7,10,13H,1,5-6,8H2,(H,18,19)/t10-,13+/m0/s1. The highest BCUT2D eigenvalue weighted by Gasteiger charge is 2.29. The van der Waals surface area contributed by atoms with Crippen LogP contribution in [0.5, 0.6) is 0 Å². The molecule has 108 valence electrons. The average molecular weight is 316 g/mol. The molecular formula is C14H15Cl2NO3. The molecule has 1 aliphatic heterocycles. The molecule has 0 aliphatic carbocycles. The van der Waals surface area contributed by atoms with E-state index in [-0.39, 0.29) is 12.0 Å². The van der Waals surface area contributed by atoms with Gasteiger partial charge in [-0.05, 0) is 17.7 Å². The third-order valence-electron chi connectivity index (χ3n) is 3.36. The number of rotatable bonds is 2. The number of hydrogen-bond donors (Lipinski definition) is 1. The summed E-state index contributed by atoms with van der Waals surface area (Å²) in [7, 11) is 0. The smallest absolute Gasteiger partial charge is 0.407 e. The van der Waals surface area contributed by atoms with Gasteiger partial charge < -0.3 is 14.7 Å². The van der Waals surface area contributed by atoms with Crippen molar-refractivity contribution in [2.75, 3.05) is 19.7 Å². The van der Waals surface area contributed by atoms with Gasteiger partial charge in [-0.2, -0.15) is 0 Å². The highest BCUT2D eigenvalue weighted by molar-refractivity contribution is 6.42. The Hall–Kier alpha value is -1.23. The van der Waals surface area contributed by atoms with Crippen molar-refractivity contribution < 1.29 is 14.6 Å². The molecule has 0 radical (unpaired) electrons. The van der Waals surface area contributed by atoms with E-state index in [0.29, 0.717) is 29.7 Å². The van der Waals surface area contributed by atoms with Gasteiger partial charge >= 0.3 is 6.09 Å². The first-order valence-electron chi connectivity index (χ1n) is 6.20. The number of ether oxygens (including phenoxy) is 1. The fraction of sp³-hybridized carbons (Fsp3) is 0.357. The molecule has 1 fully saturated rings. The van der Waals surface area contributed by atoms with E-state index in [1.54, 1.807) is 18.2 Å². The van der Waals surface area contributed by atoms with Crippen molar-refractivity contribution in [1.82, 2.24) is 4.90 Å². The van der Waals surface area contributed by atoms with E-state index in [1.807, 2.05) is 6.07 Å². The van der Waals surface area contributed by atoms with Gasteiger partial charge in [0.05, 0.1) is 22.8 Å². The zero-order chi connectivity index (χ0) is 14.7. The van der Waals surface area contributed by atoms with Crippen LogP contribution in [0.2, 0.25) is 10.0 Å². The minimum Gasteiger partial charge on any atom is -0.465 e. The van der Waals surface area contributed by atoms with E-state index >= 15 is 0 Å². The molecule has 1 aromatic rings. The Labute approximate surface area is 127 Å². The SMILES string of the molecule is C=C[C@H]1OCCN(C(=O)O)C[C@H]1c1ccc(Cl)c(Cl)c1. The first-order valence-corrected chi connectivity index (χ1v) is 6.95. The summed E-state index contributed by atoms with van der Waals surface area (Å²) in [6.07, 6.45) is 0.485. The zero-order valence-electron chi connectivity index (χ0n) is 10.8. The van der Waals surface area contributed by atoms with Crippen molar-refractivity contribution in [2.24, 2.45) is 0 Å². The van der Waals surface area contributed by atoms with Crippen molar-refractivity contribution in [3.05, 3.63) is 46.5 Å². The lowest BCUT2D eigenvalue weighted by Gasteiger charge is -2.25. The molecule has 1 saturated heterocycles. The summed E-state index contributed by atoms with van der Waals surface area (Å²) in [6.45, 7) is 4.79. The normalized spacial score (nSPS) is 23.2. The van der Waals surface area contributed by atoms with Crippen LogP contribution in [0.4, 0.5) is 4.79 Å². The number of benzene rings is 1. The fourth-order valence-corrected chi connectivity index (χ4v) is 2.60. The largest absolute Gasteiger partial charge is 0.465 e. The van der Waals surface area contributed by atoms with E-state index in [1.165, 1.54) is 4.90 Å². The summed E-state index contributed by atoms with van der Waals surface area (Å²) >= 11 is 11.9. The van der Waals surface area contributed by atoms with Gasteiger partial charge in [-0.1, -0.05) is 35.3 Å². The molecule has 1 aromatic carbocycles. The number of halogens is 2. The molecule has 1 heterocycles. The molecule has 0 unspecified atom stereocenters. The summed E-state index contributed by atoms with van der Waals surface area (Å²) in [5.74, 6) is -0.152. The lowest BCUT2D eigenvalue weighted by atomic mass is 9.93. The second kappa shape index (κ2) is 6.48. The van der Waals surface area contributed by atoms with Gasteiger partial charge in [-0.15, -0.1) is 6.58 Å². The lowest BCUT2D eigenvalue weighted by molar-refractivity contribution is 0.0835. The first kappa shape index (κ1) is 15.2. The Balaban J connectivity index is 2.33. The predicted octanol–water partition coefficient (Wildman–Crippen LogP) is 3.64. The third-order valence-corrected chi connectivity index (χ3v) is 4.10. The van der Waals surface area contributed by atoms with Gasteiger partial charge in [0.25, 0.3) is 0 Å². The minimum atomic E-state index is -0.955. The molecule has 1 N–H and O–H groups in total. The predicted molar refractivity (Wildman–Crippen MR) is 78.7 cm³/mol. The molecule has 0 spiro atoms. The highest BCUT2D eigenvalue weighted by Crippen LogP contribution is 2.31. The Morgan fingerprint density at radius 2 is 2.20 bits per heavy atom. The molecule has 20 heavy (non-hydrogen) atoms. The molecule has 2 atom stereocenters. The van der Waals surface area contributed by atoms with E-state index in [9.17, 15) is 9.90 Å². The molecular weight excluding hydrogens is 301 g/mol. The van der Waals surface area contributed by atoms with Crippen molar-refractivity contribution in [3.8, 4) is 0 Å². The number of amides is 1. The van der Waals surface area contributed by atoms with Crippen LogP contribution in [0.15, 0.2) is 30.9 Å². The molecule has 1 aliphatic rings. The first-order chi connectivity index (χ1) is 9.52. The molecule has 0 saturated carbocycles.